The quantitative estimate of drug-likeness (QED) is 0.407. The highest BCUT2D eigenvalue weighted by molar-refractivity contribution is 6.03. The van der Waals surface area contributed by atoms with Crippen LogP contribution in [0.3, 0.4) is 0 Å². The SMILES string of the molecule is COC1CN(c2ccc(C(=O)Nc3cc(-c4nc5ccccc5[nH]4)n(CCO)n3)cn2)C1. The number of methoxy groups -OCH3 is 1. The van der Waals surface area contributed by atoms with Gasteiger partial charge in [-0.15, -0.1) is 0 Å². The summed E-state index contributed by atoms with van der Waals surface area (Å²) in [6.07, 6.45) is 1.78. The van der Waals surface area contributed by atoms with E-state index in [9.17, 15) is 9.90 Å². The Bertz CT molecular complexity index is 1210. The number of amides is 1. The van der Waals surface area contributed by atoms with Crippen LogP contribution in [-0.4, -0.2) is 68.7 Å². The number of aromatic nitrogens is 5. The van der Waals surface area contributed by atoms with Crippen LogP contribution in [0.4, 0.5) is 11.6 Å². The van der Waals surface area contributed by atoms with Gasteiger partial charge in [-0.1, -0.05) is 12.1 Å². The molecule has 0 aliphatic carbocycles. The predicted molar refractivity (Wildman–Crippen MR) is 120 cm³/mol. The van der Waals surface area contributed by atoms with Crippen molar-refractivity contribution in [2.24, 2.45) is 0 Å². The lowest BCUT2D eigenvalue weighted by atomic mass is 10.1. The van der Waals surface area contributed by atoms with Gasteiger partial charge in [-0.2, -0.15) is 5.10 Å². The van der Waals surface area contributed by atoms with Gasteiger partial charge >= 0.3 is 0 Å². The van der Waals surface area contributed by atoms with E-state index in [4.69, 9.17) is 4.74 Å². The first-order chi connectivity index (χ1) is 15.6. The van der Waals surface area contributed by atoms with Gasteiger partial charge in [0.15, 0.2) is 11.6 Å². The molecule has 1 fully saturated rings. The number of nitrogens with one attached hydrogen (secondary N) is 2. The predicted octanol–water partition coefficient (Wildman–Crippen LogP) is 1.90. The third kappa shape index (κ3) is 3.81. The van der Waals surface area contributed by atoms with Crippen molar-refractivity contribution < 1.29 is 14.6 Å². The highest BCUT2D eigenvalue weighted by Gasteiger charge is 2.27. The Kier molecular flexibility index (Phi) is 5.29. The van der Waals surface area contributed by atoms with E-state index in [0.717, 1.165) is 29.9 Å². The summed E-state index contributed by atoms with van der Waals surface area (Å²) in [5.41, 5.74) is 2.83. The van der Waals surface area contributed by atoms with Crippen LogP contribution in [0, 0.1) is 0 Å². The third-order valence-corrected chi connectivity index (χ3v) is 5.48. The van der Waals surface area contributed by atoms with Crippen LogP contribution in [0.15, 0.2) is 48.7 Å². The molecule has 10 heteroatoms. The van der Waals surface area contributed by atoms with E-state index in [1.54, 1.807) is 30.1 Å². The average molecular weight is 433 g/mol. The second-order valence-corrected chi connectivity index (χ2v) is 7.59. The maximum atomic E-state index is 12.7. The number of hydrogen-bond acceptors (Lipinski definition) is 7. The van der Waals surface area contributed by atoms with Crippen LogP contribution in [-0.2, 0) is 11.3 Å². The van der Waals surface area contributed by atoms with E-state index in [0.29, 0.717) is 22.9 Å². The van der Waals surface area contributed by atoms with Crippen LogP contribution in [0.5, 0.6) is 0 Å². The number of hydrogen-bond donors (Lipinski definition) is 3. The number of carbonyl (C=O) groups is 1. The molecule has 3 N–H and O–H groups in total. The van der Waals surface area contributed by atoms with Crippen molar-refractivity contribution >= 4 is 28.6 Å². The fraction of sp³-hybridized carbons (Fsp3) is 0.273. The van der Waals surface area contributed by atoms with E-state index in [1.165, 1.54) is 0 Å². The topological polar surface area (TPSA) is 121 Å². The molecule has 1 saturated heterocycles. The molecule has 4 heterocycles. The number of pyridine rings is 1. The molecule has 0 spiro atoms. The minimum Gasteiger partial charge on any atom is -0.394 e. The monoisotopic (exact) mass is 433 g/mol. The summed E-state index contributed by atoms with van der Waals surface area (Å²) >= 11 is 0. The summed E-state index contributed by atoms with van der Waals surface area (Å²) < 4.78 is 6.90. The Morgan fingerprint density at radius 1 is 1.28 bits per heavy atom. The number of imidazole rings is 1. The number of aliphatic hydroxyl groups excluding tert-OH is 1. The summed E-state index contributed by atoms with van der Waals surface area (Å²) in [6.45, 7) is 1.77. The van der Waals surface area contributed by atoms with Gasteiger partial charge in [0.25, 0.3) is 5.91 Å². The number of fused-ring (bicyclic) bond motifs is 1. The van der Waals surface area contributed by atoms with Crippen molar-refractivity contribution in [3.05, 3.63) is 54.2 Å². The molecule has 0 saturated carbocycles. The summed E-state index contributed by atoms with van der Waals surface area (Å²) in [5.74, 6) is 1.48. The molecule has 0 atom stereocenters. The van der Waals surface area contributed by atoms with Crippen LogP contribution in [0.2, 0.25) is 0 Å². The number of rotatable bonds is 7. The van der Waals surface area contributed by atoms with Gasteiger partial charge in [-0.25, -0.2) is 9.97 Å². The number of nitrogens with zero attached hydrogens (tertiary/aromatic N) is 5. The van der Waals surface area contributed by atoms with Gasteiger partial charge in [0.1, 0.15) is 11.5 Å². The van der Waals surface area contributed by atoms with Crippen molar-refractivity contribution in [2.75, 3.05) is 37.0 Å². The molecule has 1 aromatic carbocycles. The number of para-hydroxylation sites is 2. The minimum absolute atomic E-state index is 0.0892. The minimum atomic E-state index is -0.313. The zero-order valence-electron chi connectivity index (χ0n) is 17.5. The first-order valence-corrected chi connectivity index (χ1v) is 10.3. The molecule has 10 nitrogen and oxygen atoms in total. The molecule has 32 heavy (non-hydrogen) atoms. The van der Waals surface area contributed by atoms with Crippen molar-refractivity contribution in [3.63, 3.8) is 0 Å². The fourth-order valence-corrected chi connectivity index (χ4v) is 3.68. The van der Waals surface area contributed by atoms with Gasteiger partial charge in [0.2, 0.25) is 0 Å². The number of benzene rings is 1. The van der Waals surface area contributed by atoms with Gasteiger partial charge in [-0.05, 0) is 24.3 Å². The van der Waals surface area contributed by atoms with E-state index >= 15 is 0 Å². The lowest BCUT2D eigenvalue weighted by Crippen LogP contribution is -2.52. The summed E-state index contributed by atoms with van der Waals surface area (Å²) in [5, 5.41) is 16.7. The molecule has 0 bridgehead atoms. The molecular weight excluding hydrogens is 410 g/mol. The highest BCUT2D eigenvalue weighted by atomic mass is 16.5. The largest absolute Gasteiger partial charge is 0.394 e. The van der Waals surface area contributed by atoms with Crippen molar-refractivity contribution in [3.8, 4) is 11.5 Å². The zero-order chi connectivity index (χ0) is 22.1. The van der Waals surface area contributed by atoms with Gasteiger partial charge in [0, 0.05) is 32.5 Å². The van der Waals surface area contributed by atoms with E-state index in [1.807, 2.05) is 30.3 Å². The molecular formula is C22H23N7O3. The third-order valence-electron chi connectivity index (χ3n) is 5.48. The number of H-pyrrole nitrogens is 1. The smallest absolute Gasteiger partial charge is 0.258 e. The number of anilines is 2. The van der Waals surface area contributed by atoms with Crippen LogP contribution >= 0.6 is 0 Å². The molecule has 4 aromatic rings. The number of carbonyl (C=O) groups excluding carboxylic acids is 1. The molecule has 1 aliphatic rings. The Morgan fingerprint density at radius 2 is 2.12 bits per heavy atom. The molecule has 1 amide bonds. The Morgan fingerprint density at radius 3 is 2.84 bits per heavy atom. The summed E-state index contributed by atoms with van der Waals surface area (Å²) in [6, 6.07) is 13.0. The Hall–Kier alpha value is -3.76. The normalized spacial score (nSPS) is 14.0. The Labute approximate surface area is 183 Å². The van der Waals surface area contributed by atoms with Gasteiger partial charge in [-0.3, -0.25) is 9.48 Å². The maximum absolute atomic E-state index is 12.7. The highest BCUT2D eigenvalue weighted by Crippen LogP contribution is 2.24. The van der Waals surface area contributed by atoms with Crippen molar-refractivity contribution in [1.29, 1.82) is 0 Å². The number of aliphatic hydroxyl groups is 1. The van der Waals surface area contributed by atoms with Gasteiger partial charge < -0.3 is 25.0 Å². The Balaban J connectivity index is 1.33. The van der Waals surface area contributed by atoms with Crippen LogP contribution in [0.25, 0.3) is 22.6 Å². The van der Waals surface area contributed by atoms with Crippen molar-refractivity contribution in [1.82, 2.24) is 24.7 Å². The van der Waals surface area contributed by atoms with Crippen LogP contribution < -0.4 is 10.2 Å². The lowest BCUT2D eigenvalue weighted by Gasteiger charge is -2.38. The second kappa shape index (κ2) is 8.40. The van der Waals surface area contributed by atoms with E-state index < -0.39 is 0 Å². The summed E-state index contributed by atoms with van der Waals surface area (Å²) in [4.78, 5) is 27.1. The van der Waals surface area contributed by atoms with E-state index in [2.05, 4.69) is 30.3 Å². The fourth-order valence-electron chi connectivity index (χ4n) is 3.68. The maximum Gasteiger partial charge on any atom is 0.258 e. The van der Waals surface area contributed by atoms with E-state index in [-0.39, 0.29) is 25.2 Å². The molecule has 1 aliphatic heterocycles. The van der Waals surface area contributed by atoms with Crippen molar-refractivity contribution in [2.45, 2.75) is 12.6 Å². The number of aromatic amines is 1. The molecule has 3 aromatic heterocycles. The first kappa shape index (κ1) is 20.2. The summed E-state index contributed by atoms with van der Waals surface area (Å²) in [7, 11) is 1.70. The zero-order valence-corrected chi connectivity index (χ0v) is 17.5. The molecule has 0 unspecified atom stereocenters. The number of ether oxygens (including phenoxy) is 1. The lowest BCUT2D eigenvalue weighted by molar-refractivity contribution is 0.0783. The standard InChI is InChI=1S/C22H23N7O3/c1-32-15-12-28(13-15)20-7-6-14(11-23-20)22(31)26-19-10-18(29(27-19)8-9-30)21-24-16-4-2-3-5-17(16)25-21/h2-7,10-11,15,30H,8-9,12-13H2,1H3,(H,24,25)(H,26,27,31). The van der Waals surface area contributed by atoms with Gasteiger partial charge in [0.05, 0.1) is 35.9 Å². The molecule has 164 valence electrons. The molecule has 0 radical (unpaired) electrons. The first-order valence-electron chi connectivity index (χ1n) is 10.3. The molecule has 5 rings (SSSR count). The second-order valence-electron chi connectivity index (χ2n) is 7.59. The average Bonchev–Trinajstić information content (AvgIpc) is 3.37. The van der Waals surface area contributed by atoms with Crippen LogP contribution in [0.1, 0.15) is 10.4 Å².